The summed E-state index contributed by atoms with van der Waals surface area (Å²) in [6, 6.07) is 18.8. The monoisotopic (exact) mass is 1050 g/mol. The Bertz CT molecular complexity index is 3110. The number of benzene rings is 3. The molecule has 0 saturated carbocycles. The van der Waals surface area contributed by atoms with Gasteiger partial charge in [0.2, 0.25) is 10.0 Å². The van der Waals surface area contributed by atoms with E-state index >= 15 is 0 Å². The molecule has 1 unspecified atom stereocenters. The zero-order valence-corrected chi connectivity index (χ0v) is 42.3. The van der Waals surface area contributed by atoms with Gasteiger partial charge >= 0.3 is 6.18 Å². The first-order valence-electron chi connectivity index (χ1n) is 23.6. The highest BCUT2D eigenvalue weighted by Gasteiger charge is 2.31. The number of likely N-dealkylation sites (tertiary alicyclic amines) is 1. The number of rotatable bonds is 23. The van der Waals surface area contributed by atoms with Crippen molar-refractivity contribution in [2.75, 3.05) is 103 Å². The summed E-state index contributed by atoms with van der Waals surface area (Å²) in [7, 11) is 0.658. The lowest BCUT2D eigenvalue weighted by Gasteiger charge is -2.33. The van der Waals surface area contributed by atoms with E-state index in [-0.39, 0.29) is 87.0 Å². The van der Waals surface area contributed by atoms with E-state index in [0.717, 1.165) is 20.0 Å². The Morgan fingerprint density at radius 1 is 1.00 bits per heavy atom. The Hall–Kier alpha value is -7.10. The number of pyridine rings is 1. The topological polar surface area (TPSA) is 207 Å². The largest absolute Gasteiger partial charge is 0.495 e. The SMILES string of the molecule is COc1cc(S(=O)(=O)N(C)CCOCCOCCNC(=O)COc2cccc(Nc3cc(-c4c(C)noc4C)c[nH]c3=O)c2)ccc1NCC#Cc1cc2c(NC3CCN(C)C[C@@H]3F)cccc2n1CC(F)(F)F. The summed E-state index contributed by atoms with van der Waals surface area (Å²) in [5, 5.41) is 16.5. The average Bonchev–Trinajstić information content (AvgIpc) is 3.89. The Morgan fingerprint density at radius 3 is 2.53 bits per heavy atom. The normalized spacial score (nSPS) is 15.2. The van der Waals surface area contributed by atoms with E-state index in [4.69, 9.17) is 23.5 Å². The average molecular weight is 1050 g/mol. The minimum atomic E-state index is -4.53. The van der Waals surface area contributed by atoms with Crippen molar-refractivity contribution < 1.29 is 54.2 Å². The number of hydrogen-bond donors (Lipinski definition) is 5. The standard InChI is InChI=1S/C51H59F4N9O9S/c1-33-49(34(2)73-61-33)35-25-45(50(66)58-29-35)59-36-9-6-11-38(26-36)72-31-48(65)57-18-21-70-23-24-71-22-20-63(4)74(67,68)39-14-15-44(47(28-39)69-5)56-17-8-10-37-27-40-42(60-43-16-19-62(3)30-41(43)52)12-7-13-46(40)64(37)32-51(53,54)55/h6-7,9,11-15,25-29,41,43,56,59-60H,16-24,30-32H2,1-5H3,(H,57,65)(H,58,66)/t41-,43?/m0/s1. The molecule has 18 nitrogen and oxygen atoms in total. The third-order valence-electron chi connectivity index (χ3n) is 12.0. The number of carbonyl (C=O) groups is 1. The number of nitrogens with zero attached hydrogens (tertiary/aromatic N) is 4. The quantitative estimate of drug-likeness (QED) is 0.0258. The van der Waals surface area contributed by atoms with Crippen LogP contribution < -0.4 is 36.3 Å². The first-order chi connectivity index (χ1) is 35.4. The molecule has 1 aliphatic rings. The van der Waals surface area contributed by atoms with Crippen LogP contribution in [0.4, 0.5) is 40.3 Å². The molecule has 1 aliphatic heterocycles. The van der Waals surface area contributed by atoms with Crippen LogP contribution in [0.15, 0.2) is 93.2 Å². The number of carbonyl (C=O) groups excluding carboxylic acids is 1. The van der Waals surface area contributed by atoms with Crippen LogP contribution in [0, 0.1) is 25.7 Å². The summed E-state index contributed by atoms with van der Waals surface area (Å²) in [6.07, 6.45) is -3.55. The maximum absolute atomic E-state index is 14.9. The molecule has 1 fully saturated rings. The summed E-state index contributed by atoms with van der Waals surface area (Å²) >= 11 is 0. The summed E-state index contributed by atoms with van der Waals surface area (Å²) < 4.78 is 113. The van der Waals surface area contributed by atoms with E-state index in [1.807, 2.05) is 18.9 Å². The van der Waals surface area contributed by atoms with Gasteiger partial charge in [-0.25, -0.2) is 12.8 Å². The van der Waals surface area contributed by atoms with Crippen molar-refractivity contribution in [1.29, 1.82) is 0 Å². The van der Waals surface area contributed by atoms with Gasteiger partial charge < -0.3 is 59.2 Å². The van der Waals surface area contributed by atoms with Crippen molar-refractivity contribution in [2.24, 2.45) is 0 Å². The predicted octanol–water partition coefficient (Wildman–Crippen LogP) is 6.68. The zero-order chi connectivity index (χ0) is 53.0. The highest BCUT2D eigenvalue weighted by atomic mass is 32.2. The smallest absolute Gasteiger partial charge is 0.406 e. The number of halogens is 4. The highest BCUT2D eigenvalue weighted by molar-refractivity contribution is 7.89. The molecule has 23 heteroatoms. The molecule has 0 spiro atoms. The number of hydrogen-bond acceptors (Lipinski definition) is 14. The van der Waals surface area contributed by atoms with Gasteiger partial charge in [0.25, 0.3) is 11.5 Å². The molecule has 5 N–H and O–H groups in total. The van der Waals surface area contributed by atoms with Crippen LogP contribution >= 0.6 is 0 Å². The van der Waals surface area contributed by atoms with Gasteiger partial charge in [0.15, 0.2) is 6.61 Å². The number of aromatic nitrogens is 3. The molecule has 3 aromatic heterocycles. The number of amides is 1. The molecule has 0 aliphatic carbocycles. The number of fused-ring (bicyclic) bond motifs is 1. The highest BCUT2D eigenvalue weighted by Crippen LogP contribution is 2.33. The molecule has 74 heavy (non-hydrogen) atoms. The fourth-order valence-corrected chi connectivity index (χ4v) is 9.42. The molecular weight excluding hydrogens is 991 g/mol. The number of likely N-dealkylation sites (N-methyl/N-ethyl adjacent to an activating group) is 1. The number of methoxy groups -OCH3 is 1. The van der Waals surface area contributed by atoms with Crippen molar-refractivity contribution in [3.8, 4) is 34.5 Å². The van der Waals surface area contributed by atoms with E-state index in [9.17, 15) is 35.6 Å². The first kappa shape index (κ1) is 54.7. The lowest BCUT2D eigenvalue weighted by Crippen LogP contribution is -2.46. The number of aromatic amines is 1. The van der Waals surface area contributed by atoms with Crippen LogP contribution in [0.3, 0.4) is 0 Å². The van der Waals surface area contributed by atoms with Gasteiger partial charge in [0, 0.05) is 79.4 Å². The van der Waals surface area contributed by atoms with E-state index < -0.39 is 35.0 Å². The fraction of sp³-hybridized carbons (Fsp3) is 0.392. The second-order valence-electron chi connectivity index (χ2n) is 17.5. The minimum absolute atomic E-state index is 0.0182. The van der Waals surface area contributed by atoms with Crippen LogP contribution in [0.1, 0.15) is 23.6 Å². The lowest BCUT2D eigenvalue weighted by atomic mass is 10.0. The van der Waals surface area contributed by atoms with Crippen LogP contribution in [0.25, 0.3) is 22.0 Å². The Morgan fingerprint density at radius 2 is 1.78 bits per heavy atom. The maximum Gasteiger partial charge on any atom is 0.406 e. The van der Waals surface area contributed by atoms with Gasteiger partial charge in [0.1, 0.15) is 35.7 Å². The summed E-state index contributed by atoms with van der Waals surface area (Å²) in [5.41, 5.74) is 4.11. The van der Waals surface area contributed by atoms with Gasteiger partial charge in [-0.2, -0.15) is 17.5 Å². The zero-order valence-electron chi connectivity index (χ0n) is 41.5. The Balaban J connectivity index is 0.811. The number of anilines is 4. The molecular formula is C51H59F4N9O9S. The third kappa shape index (κ3) is 14.3. The molecule has 0 bridgehead atoms. The van der Waals surface area contributed by atoms with Crippen molar-refractivity contribution in [2.45, 2.75) is 50.1 Å². The molecule has 396 valence electrons. The van der Waals surface area contributed by atoms with E-state index in [2.05, 4.69) is 43.2 Å². The number of nitrogens with one attached hydrogen (secondary N) is 5. The predicted molar refractivity (Wildman–Crippen MR) is 272 cm³/mol. The molecule has 0 radical (unpaired) electrons. The van der Waals surface area contributed by atoms with Gasteiger partial charge in [-0.3, -0.25) is 9.59 Å². The molecule has 7 rings (SSSR count). The summed E-state index contributed by atoms with van der Waals surface area (Å²) in [6.45, 7) is 3.86. The van der Waals surface area contributed by atoms with Crippen molar-refractivity contribution >= 4 is 49.6 Å². The van der Waals surface area contributed by atoms with Crippen LogP contribution in [-0.2, 0) is 30.8 Å². The fourth-order valence-electron chi connectivity index (χ4n) is 8.25. The summed E-state index contributed by atoms with van der Waals surface area (Å²) in [5.74, 6) is 6.57. The number of ether oxygens (including phenoxy) is 4. The minimum Gasteiger partial charge on any atom is -0.495 e. The van der Waals surface area contributed by atoms with Gasteiger partial charge in [-0.15, -0.1) is 0 Å². The Labute approximate surface area is 425 Å². The Kier molecular flexibility index (Phi) is 18.3. The molecule has 2 atom stereocenters. The number of aryl methyl sites for hydroxylation is 2. The number of alkyl halides is 4. The van der Waals surface area contributed by atoms with Gasteiger partial charge in [0.05, 0.1) is 73.6 Å². The summed E-state index contributed by atoms with van der Waals surface area (Å²) in [4.78, 5) is 29.6. The molecule has 6 aromatic rings. The molecule has 3 aromatic carbocycles. The van der Waals surface area contributed by atoms with Crippen molar-refractivity contribution in [3.63, 3.8) is 0 Å². The van der Waals surface area contributed by atoms with Crippen LogP contribution in [0.2, 0.25) is 0 Å². The van der Waals surface area contributed by atoms with E-state index in [1.54, 1.807) is 67.7 Å². The molecule has 4 heterocycles. The number of H-pyrrole nitrogens is 1. The van der Waals surface area contributed by atoms with Crippen molar-refractivity contribution in [3.05, 3.63) is 106 Å². The lowest BCUT2D eigenvalue weighted by molar-refractivity contribution is -0.140. The van der Waals surface area contributed by atoms with Crippen molar-refractivity contribution in [1.82, 2.24) is 29.2 Å². The van der Waals surface area contributed by atoms with Crippen LogP contribution in [-0.4, -0.2) is 144 Å². The van der Waals surface area contributed by atoms with E-state index in [0.29, 0.717) is 63.8 Å². The maximum atomic E-state index is 14.9. The molecule has 1 saturated heterocycles. The van der Waals surface area contributed by atoms with Gasteiger partial charge in [-0.05, 0) is 81.8 Å². The number of piperidine rings is 1. The van der Waals surface area contributed by atoms with Gasteiger partial charge in [-0.1, -0.05) is 23.2 Å². The molecule has 1 amide bonds. The second kappa shape index (κ2) is 24.8. The third-order valence-corrected chi connectivity index (χ3v) is 13.9. The number of sulfonamides is 1. The van der Waals surface area contributed by atoms with Crippen LogP contribution in [0.5, 0.6) is 11.5 Å². The second-order valence-corrected chi connectivity index (χ2v) is 19.5. The first-order valence-corrected chi connectivity index (χ1v) is 25.1. The van der Waals surface area contributed by atoms with E-state index in [1.165, 1.54) is 32.4 Å².